The van der Waals surface area contributed by atoms with Gasteiger partial charge < -0.3 is 14.2 Å². The predicted octanol–water partition coefficient (Wildman–Crippen LogP) is 4.25. The van der Waals surface area contributed by atoms with Crippen LogP contribution < -0.4 is 14.2 Å². The molecule has 3 aromatic rings. The molecule has 0 spiro atoms. The van der Waals surface area contributed by atoms with Gasteiger partial charge in [-0.05, 0) is 42.3 Å². The van der Waals surface area contributed by atoms with Gasteiger partial charge in [-0.25, -0.2) is 0 Å². The van der Waals surface area contributed by atoms with Gasteiger partial charge in [-0.2, -0.15) is 0 Å². The van der Waals surface area contributed by atoms with Crippen LogP contribution in [0.2, 0.25) is 0 Å². The van der Waals surface area contributed by atoms with Crippen LogP contribution in [0.25, 0.3) is 22.0 Å². The van der Waals surface area contributed by atoms with E-state index in [-0.39, 0.29) is 5.91 Å². The molecule has 0 atom stereocenters. The number of allylic oxidation sites excluding steroid dienone is 2. The summed E-state index contributed by atoms with van der Waals surface area (Å²) in [5.41, 5.74) is 4.15. The second kappa shape index (κ2) is 5.95. The van der Waals surface area contributed by atoms with Crippen LogP contribution in [-0.4, -0.2) is 31.8 Å². The zero-order chi connectivity index (χ0) is 18.4. The average molecular weight is 349 g/mol. The standard InChI is InChI=1S/C21H19NO4/c1-12-16-9-13-7-5-6-8-15(13)22(16)21(23)19(12)14-10-17(24-2)20(26-4)18(11-14)25-3/h5-11H,1-4H3. The van der Waals surface area contributed by atoms with Crippen LogP contribution in [0.4, 0.5) is 0 Å². The summed E-state index contributed by atoms with van der Waals surface area (Å²) in [5, 5.41) is 1.05. The summed E-state index contributed by atoms with van der Waals surface area (Å²) in [6, 6.07) is 13.6. The highest BCUT2D eigenvalue weighted by atomic mass is 16.5. The molecule has 0 unspecified atom stereocenters. The lowest BCUT2D eigenvalue weighted by atomic mass is 9.99. The Balaban J connectivity index is 1.93. The maximum atomic E-state index is 13.2. The lowest BCUT2D eigenvalue weighted by Gasteiger charge is -2.14. The Labute approximate surface area is 151 Å². The molecule has 4 rings (SSSR count). The fourth-order valence-electron chi connectivity index (χ4n) is 3.62. The van der Waals surface area contributed by atoms with E-state index in [2.05, 4.69) is 0 Å². The van der Waals surface area contributed by atoms with Crippen molar-refractivity contribution in [2.45, 2.75) is 6.92 Å². The number of benzene rings is 2. The molecular weight excluding hydrogens is 330 g/mol. The first-order chi connectivity index (χ1) is 12.6. The molecule has 2 heterocycles. The van der Waals surface area contributed by atoms with Crippen molar-refractivity contribution in [3.05, 3.63) is 53.7 Å². The first-order valence-corrected chi connectivity index (χ1v) is 8.27. The molecule has 0 N–H and O–H groups in total. The minimum Gasteiger partial charge on any atom is -0.493 e. The van der Waals surface area contributed by atoms with E-state index in [0.717, 1.165) is 27.7 Å². The Hall–Kier alpha value is -3.21. The molecular formula is C21H19NO4. The van der Waals surface area contributed by atoms with Gasteiger partial charge in [0, 0.05) is 5.39 Å². The third-order valence-corrected chi connectivity index (χ3v) is 4.84. The number of ether oxygens (including phenoxy) is 3. The van der Waals surface area contributed by atoms with E-state index in [0.29, 0.717) is 22.8 Å². The number of aromatic nitrogens is 1. The molecule has 0 fully saturated rings. The number of fused-ring (bicyclic) bond motifs is 3. The Morgan fingerprint density at radius 2 is 1.54 bits per heavy atom. The van der Waals surface area contributed by atoms with Crippen molar-refractivity contribution in [1.82, 2.24) is 4.57 Å². The number of carbonyl (C=O) groups excluding carboxylic acids is 1. The smallest absolute Gasteiger partial charge is 0.263 e. The van der Waals surface area contributed by atoms with E-state index in [1.54, 1.807) is 25.9 Å². The minimum absolute atomic E-state index is 0.0482. The summed E-state index contributed by atoms with van der Waals surface area (Å²) in [7, 11) is 4.69. The summed E-state index contributed by atoms with van der Waals surface area (Å²) < 4.78 is 18.0. The number of hydrogen-bond acceptors (Lipinski definition) is 4. The van der Waals surface area contributed by atoms with Crippen LogP contribution in [0.5, 0.6) is 17.2 Å². The molecule has 0 saturated carbocycles. The number of nitrogens with zero attached hydrogens (tertiary/aromatic N) is 1. The maximum absolute atomic E-state index is 13.2. The van der Waals surface area contributed by atoms with Gasteiger partial charge in [0.2, 0.25) is 5.75 Å². The first-order valence-electron chi connectivity index (χ1n) is 8.27. The molecule has 26 heavy (non-hydrogen) atoms. The molecule has 0 amide bonds. The van der Waals surface area contributed by atoms with E-state index in [1.165, 1.54) is 0 Å². The molecule has 1 aromatic heterocycles. The van der Waals surface area contributed by atoms with Gasteiger partial charge in [0.15, 0.2) is 11.5 Å². The van der Waals surface area contributed by atoms with E-state index in [9.17, 15) is 4.79 Å². The monoisotopic (exact) mass is 349 g/mol. The highest BCUT2D eigenvalue weighted by Gasteiger charge is 2.31. The molecule has 0 saturated heterocycles. The Kier molecular flexibility index (Phi) is 3.72. The molecule has 0 aliphatic carbocycles. The van der Waals surface area contributed by atoms with Crippen LogP contribution in [0.15, 0.2) is 42.5 Å². The largest absolute Gasteiger partial charge is 0.493 e. The molecule has 0 bridgehead atoms. The fourth-order valence-corrected chi connectivity index (χ4v) is 3.62. The highest BCUT2D eigenvalue weighted by molar-refractivity contribution is 6.33. The Bertz CT molecular complexity index is 1050. The van der Waals surface area contributed by atoms with Gasteiger partial charge in [-0.1, -0.05) is 18.2 Å². The summed E-state index contributed by atoms with van der Waals surface area (Å²) in [5.74, 6) is 1.51. The molecule has 1 aliphatic heterocycles. The van der Waals surface area contributed by atoms with Crippen molar-refractivity contribution in [2.24, 2.45) is 0 Å². The number of carbonyl (C=O) groups is 1. The van der Waals surface area contributed by atoms with Gasteiger partial charge >= 0.3 is 0 Å². The topological polar surface area (TPSA) is 49.7 Å². The molecule has 1 aliphatic rings. The van der Waals surface area contributed by atoms with Crippen LogP contribution >= 0.6 is 0 Å². The number of methoxy groups -OCH3 is 3. The second-order valence-corrected chi connectivity index (χ2v) is 6.14. The fraction of sp³-hybridized carbons (Fsp3) is 0.190. The third kappa shape index (κ3) is 2.13. The number of para-hydroxylation sites is 1. The summed E-state index contributed by atoms with van der Waals surface area (Å²) >= 11 is 0. The lowest BCUT2D eigenvalue weighted by molar-refractivity contribution is 0.0989. The molecule has 132 valence electrons. The highest BCUT2D eigenvalue weighted by Crippen LogP contribution is 2.44. The molecule has 5 nitrogen and oxygen atoms in total. The normalized spacial score (nSPS) is 13.3. The molecule has 5 heteroatoms. The van der Waals surface area contributed by atoms with Gasteiger partial charge in [0.05, 0.1) is 38.1 Å². The summed E-state index contributed by atoms with van der Waals surface area (Å²) in [4.78, 5) is 13.2. The van der Waals surface area contributed by atoms with Gasteiger partial charge in [0.25, 0.3) is 5.91 Å². The SMILES string of the molecule is COc1cc(C2=C(C)c3cc4ccccc4n3C2=O)cc(OC)c1OC. The van der Waals surface area contributed by atoms with Crippen LogP contribution in [-0.2, 0) is 0 Å². The number of hydrogen-bond donors (Lipinski definition) is 0. The summed E-state index contributed by atoms with van der Waals surface area (Å²) in [6.45, 7) is 1.97. The zero-order valence-electron chi connectivity index (χ0n) is 15.1. The van der Waals surface area contributed by atoms with Crippen molar-refractivity contribution in [1.29, 1.82) is 0 Å². The van der Waals surface area contributed by atoms with Gasteiger partial charge in [0.1, 0.15) is 0 Å². The predicted molar refractivity (Wildman–Crippen MR) is 101 cm³/mol. The Morgan fingerprint density at radius 3 is 2.15 bits per heavy atom. The van der Waals surface area contributed by atoms with Crippen LogP contribution in [0.1, 0.15) is 23.0 Å². The zero-order valence-corrected chi connectivity index (χ0v) is 15.1. The number of rotatable bonds is 4. The van der Waals surface area contributed by atoms with Gasteiger partial charge in [-0.15, -0.1) is 0 Å². The van der Waals surface area contributed by atoms with Crippen LogP contribution in [0.3, 0.4) is 0 Å². The molecule has 2 aromatic carbocycles. The maximum Gasteiger partial charge on any atom is 0.263 e. The lowest BCUT2D eigenvalue weighted by Crippen LogP contribution is -2.08. The van der Waals surface area contributed by atoms with Crippen molar-refractivity contribution in [2.75, 3.05) is 21.3 Å². The van der Waals surface area contributed by atoms with Gasteiger partial charge in [-0.3, -0.25) is 9.36 Å². The van der Waals surface area contributed by atoms with E-state index >= 15 is 0 Å². The Morgan fingerprint density at radius 1 is 0.885 bits per heavy atom. The van der Waals surface area contributed by atoms with Crippen molar-refractivity contribution < 1.29 is 19.0 Å². The average Bonchev–Trinajstić information content (AvgIpc) is 3.16. The van der Waals surface area contributed by atoms with E-state index in [4.69, 9.17) is 14.2 Å². The quantitative estimate of drug-likeness (QED) is 0.706. The second-order valence-electron chi connectivity index (χ2n) is 6.14. The molecule has 0 radical (unpaired) electrons. The van der Waals surface area contributed by atoms with Crippen LogP contribution in [0, 0.1) is 0 Å². The van der Waals surface area contributed by atoms with E-state index < -0.39 is 0 Å². The van der Waals surface area contributed by atoms with Crippen molar-refractivity contribution in [3.63, 3.8) is 0 Å². The van der Waals surface area contributed by atoms with Crippen molar-refractivity contribution in [3.8, 4) is 17.2 Å². The summed E-state index contributed by atoms with van der Waals surface area (Å²) in [6.07, 6.45) is 0. The minimum atomic E-state index is -0.0482. The third-order valence-electron chi connectivity index (χ3n) is 4.84. The van der Waals surface area contributed by atoms with Crippen molar-refractivity contribution >= 4 is 28.0 Å². The first kappa shape index (κ1) is 16.3. The van der Waals surface area contributed by atoms with E-state index in [1.807, 2.05) is 49.4 Å².